The van der Waals surface area contributed by atoms with Gasteiger partial charge in [-0.05, 0) is 30.2 Å². The summed E-state index contributed by atoms with van der Waals surface area (Å²) in [5.41, 5.74) is 9.02. The van der Waals surface area contributed by atoms with E-state index in [9.17, 15) is 9.59 Å². The van der Waals surface area contributed by atoms with Gasteiger partial charge >= 0.3 is 6.03 Å². The van der Waals surface area contributed by atoms with Crippen LogP contribution in [0.2, 0.25) is 0 Å². The monoisotopic (exact) mass is 430 g/mol. The van der Waals surface area contributed by atoms with Crippen LogP contribution in [0.1, 0.15) is 17.5 Å². The fourth-order valence-electron chi connectivity index (χ4n) is 3.76. The first kappa shape index (κ1) is 21.3. The van der Waals surface area contributed by atoms with Gasteiger partial charge < -0.3 is 15.5 Å². The number of hydrogen-bond donors (Lipinski definition) is 1. The first-order valence-corrected chi connectivity index (χ1v) is 10.6. The number of urea groups is 1. The third kappa shape index (κ3) is 5.21. The number of nitrogens with zero attached hydrogens (tertiary/aromatic N) is 5. The van der Waals surface area contributed by atoms with Crippen molar-refractivity contribution >= 4 is 18.0 Å². The molecule has 32 heavy (non-hydrogen) atoms. The van der Waals surface area contributed by atoms with Crippen molar-refractivity contribution < 1.29 is 9.59 Å². The molecule has 4 rings (SSSR count). The molecule has 1 aliphatic rings. The van der Waals surface area contributed by atoms with Crippen molar-refractivity contribution in [3.05, 3.63) is 78.3 Å². The van der Waals surface area contributed by atoms with Gasteiger partial charge in [0.2, 0.25) is 5.91 Å². The molecule has 1 aromatic carbocycles. The molecular weight excluding hydrogens is 404 g/mol. The van der Waals surface area contributed by atoms with E-state index in [-0.39, 0.29) is 5.91 Å². The van der Waals surface area contributed by atoms with Crippen LogP contribution in [0.25, 0.3) is 17.3 Å². The maximum absolute atomic E-state index is 12.8. The summed E-state index contributed by atoms with van der Waals surface area (Å²) in [7, 11) is 0. The van der Waals surface area contributed by atoms with Crippen LogP contribution in [0.15, 0.2) is 67.1 Å². The predicted octanol–water partition coefficient (Wildman–Crippen LogP) is 2.62. The number of primary amides is 1. The molecule has 8 nitrogen and oxygen atoms in total. The molecule has 3 aromatic rings. The summed E-state index contributed by atoms with van der Waals surface area (Å²) in [5, 5.41) is 4.75. The van der Waals surface area contributed by atoms with Gasteiger partial charge in [-0.25, -0.2) is 4.79 Å². The summed E-state index contributed by atoms with van der Waals surface area (Å²) in [6, 6.07) is 13.5. The first-order chi connectivity index (χ1) is 15.6. The Morgan fingerprint density at radius 2 is 1.78 bits per heavy atom. The molecular formula is C24H26N6O2. The molecule has 164 valence electrons. The van der Waals surface area contributed by atoms with Crippen molar-refractivity contribution in [3.63, 3.8) is 0 Å². The summed E-state index contributed by atoms with van der Waals surface area (Å²) < 4.78 is 1.87. The van der Waals surface area contributed by atoms with E-state index in [0.717, 1.165) is 22.4 Å². The Morgan fingerprint density at radius 3 is 2.53 bits per heavy atom. The van der Waals surface area contributed by atoms with Crippen molar-refractivity contribution in [3.8, 4) is 11.3 Å². The van der Waals surface area contributed by atoms with Gasteiger partial charge in [0.15, 0.2) is 0 Å². The lowest BCUT2D eigenvalue weighted by Gasteiger charge is -2.19. The van der Waals surface area contributed by atoms with Crippen LogP contribution >= 0.6 is 0 Å². The first-order valence-electron chi connectivity index (χ1n) is 10.6. The highest BCUT2D eigenvalue weighted by molar-refractivity contribution is 5.93. The third-order valence-electron chi connectivity index (χ3n) is 5.44. The molecule has 3 amide bonds. The number of benzene rings is 1. The Bertz CT molecular complexity index is 1090. The summed E-state index contributed by atoms with van der Waals surface area (Å²) in [4.78, 5) is 31.8. The van der Waals surface area contributed by atoms with Crippen molar-refractivity contribution in [1.82, 2.24) is 24.6 Å². The number of amides is 3. The van der Waals surface area contributed by atoms with Crippen LogP contribution in [0.4, 0.5) is 4.79 Å². The van der Waals surface area contributed by atoms with Crippen molar-refractivity contribution in [2.24, 2.45) is 5.73 Å². The Hall–Kier alpha value is -3.94. The number of rotatable bonds is 5. The molecule has 8 heteroatoms. The van der Waals surface area contributed by atoms with E-state index in [1.54, 1.807) is 34.3 Å². The van der Waals surface area contributed by atoms with Crippen LogP contribution in [0, 0.1) is 0 Å². The van der Waals surface area contributed by atoms with Crippen LogP contribution < -0.4 is 5.73 Å². The average molecular weight is 431 g/mol. The fraction of sp³-hybridized carbons (Fsp3) is 0.250. The maximum Gasteiger partial charge on any atom is 0.314 e. The lowest BCUT2D eigenvalue weighted by molar-refractivity contribution is -0.125. The molecule has 0 radical (unpaired) electrons. The molecule has 1 saturated heterocycles. The molecule has 0 saturated carbocycles. The van der Waals surface area contributed by atoms with E-state index in [1.165, 1.54) is 0 Å². The van der Waals surface area contributed by atoms with Gasteiger partial charge in [-0.2, -0.15) is 5.10 Å². The Labute approximate surface area is 187 Å². The van der Waals surface area contributed by atoms with Crippen molar-refractivity contribution in [2.45, 2.75) is 13.0 Å². The lowest BCUT2D eigenvalue weighted by Crippen LogP contribution is -2.39. The molecule has 3 heterocycles. The van der Waals surface area contributed by atoms with Crippen molar-refractivity contribution in [2.75, 3.05) is 26.2 Å². The molecule has 0 bridgehead atoms. The molecule has 1 fully saturated rings. The molecule has 2 N–H and O–H groups in total. The number of aromatic nitrogens is 3. The minimum atomic E-state index is -0.443. The van der Waals surface area contributed by atoms with E-state index < -0.39 is 6.03 Å². The SMILES string of the molecule is NC(=O)N1CCCN(C(=O)/C=C/c2cn(Cc3ccccc3)nc2-c2cccnc2)CC1. The second-order valence-electron chi connectivity index (χ2n) is 7.70. The number of carbonyl (C=O) groups excluding carboxylic acids is 2. The third-order valence-corrected chi connectivity index (χ3v) is 5.44. The summed E-state index contributed by atoms with van der Waals surface area (Å²) >= 11 is 0. The van der Waals surface area contributed by atoms with Gasteiger partial charge in [0.25, 0.3) is 0 Å². The topological polar surface area (TPSA) is 97.4 Å². The number of hydrogen-bond acceptors (Lipinski definition) is 4. The Kier molecular flexibility index (Phi) is 6.60. The van der Waals surface area contributed by atoms with E-state index in [2.05, 4.69) is 17.1 Å². The second kappa shape index (κ2) is 9.91. The van der Waals surface area contributed by atoms with Crippen LogP contribution in [-0.2, 0) is 11.3 Å². The molecule has 0 unspecified atom stereocenters. The summed E-state index contributed by atoms with van der Waals surface area (Å²) in [6.45, 7) is 2.71. The van der Waals surface area contributed by atoms with E-state index in [0.29, 0.717) is 39.1 Å². The van der Waals surface area contributed by atoms with Gasteiger partial charge in [-0.15, -0.1) is 0 Å². The van der Waals surface area contributed by atoms with Crippen LogP contribution in [0.5, 0.6) is 0 Å². The average Bonchev–Trinajstić information content (AvgIpc) is 3.04. The number of carbonyl (C=O) groups is 2. The van der Waals surface area contributed by atoms with E-state index in [4.69, 9.17) is 10.8 Å². The fourth-order valence-corrected chi connectivity index (χ4v) is 3.76. The minimum absolute atomic E-state index is 0.0933. The zero-order valence-electron chi connectivity index (χ0n) is 17.8. The van der Waals surface area contributed by atoms with E-state index in [1.807, 2.05) is 41.2 Å². The lowest BCUT2D eigenvalue weighted by atomic mass is 10.1. The van der Waals surface area contributed by atoms with Gasteiger partial charge in [-0.3, -0.25) is 14.5 Å². The Morgan fingerprint density at radius 1 is 1.00 bits per heavy atom. The molecule has 1 aliphatic heterocycles. The number of pyridine rings is 1. The highest BCUT2D eigenvalue weighted by Gasteiger charge is 2.19. The van der Waals surface area contributed by atoms with Gasteiger partial charge in [-0.1, -0.05) is 30.3 Å². The normalized spacial score (nSPS) is 14.5. The smallest absolute Gasteiger partial charge is 0.314 e. The molecule has 0 spiro atoms. The van der Waals surface area contributed by atoms with E-state index >= 15 is 0 Å². The molecule has 2 aromatic heterocycles. The van der Waals surface area contributed by atoms with Gasteiger partial charge in [0.1, 0.15) is 5.69 Å². The minimum Gasteiger partial charge on any atom is -0.351 e. The highest BCUT2D eigenvalue weighted by atomic mass is 16.2. The maximum atomic E-state index is 12.8. The zero-order valence-corrected chi connectivity index (χ0v) is 17.8. The van der Waals surface area contributed by atoms with Gasteiger partial charge in [0, 0.05) is 62.0 Å². The highest BCUT2D eigenvalue weighted by Crippen LogP contribution is 2.23. The largest absolute Gasteiger partial charge is 0.351 e. The quantitative estimate of drug-likeness (QED) is 0.629. The summed E-state index contributed by atoms with van der Waals surface area (Å²) in [5.74, 6) is -0.0933. The second-order valence-corrected chi connectivity index (χ2v) is 7.70. The molecule has 0 atom stereocenters. The number of nitrogens with two attached hydrogens (primary N) is 1. The van der Waals surface area contributed by atoms with Crippen LogP contribution in [-0.4, -0.2) is 62.7 Å². The van der Waals surface area contributed by atoms with Crippen molar-refractivity contribution in [1.29, 1.82) is 0 Å². The molecule has 0 aliphatic carbocycles. The Balaban J connectivity index is 1.54. The zero-order chi connectivity index (χ0) is 22.3. The summed E-state index contributed by atoms with van der Waals surface area (Å²) in [6.07, 6.45) is 9.51. The predicted molar refractivity (Wildman–Crippen MR) is 122 cm³/mol. The standard InChI is InChI=1S/C24H26N6O2/c25-24(32)29-13-5-12-28(14-15-29)22(31)10-9-21-18-30(17-19-6-2-1-3-7-19)27-23(21)20-8-4-11-26-16-20/h1-4,6-11,16,18H,5,12-15,17H2,(H2,25,32)/b10-9+. The van der Waals surface area contributed by atoms with Gasteiger partial charge in [0.05, 0.1) is 6.54 Å². The van der Waals surface area contributed by atoms with Crippen LogP contribution in [0.3, 0.4) is 0 Å².